The van der Waals surface area contributed by atoms with Crippen LogP contribution in [0.4, 0.5) is 0 Å². The van der Waals surface area contributed by atoms with E-state index in [4.69, 9.17) is 15.9 Å². The normalized spacial score (nSPS) is 25.8. The predicted molar refractivity (Wildman–Crippen MR) is 104 cm³/mol. The standard InChI is InChI=1S/C23H28O3/c1-7-20(24)26-23(25-6)11-10-17(15-23)16-8-9-18-19(14-16)22(4,5)13-12-21(18,2)3/h1,8-9,14-15H,10-13H2,2-6H3. The number of carbonyl (C=O) groups excluding carboxylic acids is 1. The van der Waals surface area contributed by atoms with Gasteiger partial charge in [-0.1, -0.05) is 45.9 Å². The average molecular weight is 352 g/mol. The van der Waals surface area contributed by atoms with Crippen LogP contribution in [0, 0.1) is 12.3 Å². The van der Waals surface area contributed by atoms with Crippen LogP contribution in [0.25, 0.3) is 5.57 Å². The van der Waals surface area contributed by atoms with E-state index in [1.165, 1.54) is 29.5 Å². The fraction of sp³-hybridized carbons (Fsp3) is 0.522. The number of hydrogen-bond acceptors (Lipinski definition) is 3. The summed E-state index contributed by atoms with van der Waals surface area (Å²) in [6.07, 6.45) is 10.8. The van der Waals surface area contributed by atoms with E-state index < -0.39 is 11.8 Å². The maximum atomic E-state index is 11.6. The minimum Gasteiger partial charge on any atom is -0.420 e. The minimum atomic E-state index is -1.05. The highest BCUT2D eigenvalue weighted by molar-refractivity contribution is 5.88. The Labute approximate surface area is 156 Å². The summed E-state index contributed by atoms with van der Waals surface area (Å²) in [4.78, 5) is 11.6. The molecule has 0 fully saturated rings. The molecule has 0 aromatic heterocycles. The number of carbonyl (C=O) groups is 1. The smallest absolute Gasteiger partial charge is 0.386 e. The number of methoxy groups -OCH3 is 1. The monoisotopic (exact) mass is 352 g/mol. The van der Waals surface area contributed by atoms with Gasteiger partial charge in [0.05, 0.1) is 0 Å². The summed E-state index contributed by atoms with van der Waals surface area (Å²) in [7, 11) is 1.54. The molecule has 1 aromatic rings. The average Bonchev–Trinajstić information content (AvgIpc) is 3.03. The molecule has 0 heterocycles. The van der Waals surface area contributed by atoms with Gasteiger partial charge in [-0.25, -0.2) is 4.79 Å². The van der Waals surface area contributed by atoms with Crippen LogP contribution in [0.2, 0.25) is 0 Å². The van der Waals surface area contributed by atoms with E-state index in [0.717, 1.165) is 12.0 Å². The molecule has 0 bridgehead atoms. The van der Waals surface area contributed by atoms with Crippen LogP contribution in [0.5, 0.6) is 0 Å². The van der Waals surface area contributed by atoms with Crippen molar-refractivity contribution < 1.29 is 14.3 Å². The van der Waals surface area contributed by atoms with E-state index in [2.05, 4.69) is 45.9 Å². The predicted octanol–water partition coefficient (Wildman–Crippen LogP) is 4.73. The van der Waals surface area contributed by atoms with Gasteiger partial charge in [0.15, 0.2) is 0 Å². The van der Waals surface area contributed by atoms with Crippen LogP contribution in [0.15, 0.2) is 24.3 Å². The number of ether oxygens (including phenoxy) is 2. The van der Waals surface area contributed by atoms with Crippen molar-refractivity contribution in [3.63, 3.8) is 0 Å². The van der Waals surface area contributed by atoms with Gasteiger partial charge in [-0.3, -0.25) is 0 Å². The maximum Gasteiger partial charge on any atom is 0.386 e. The molecule has 1 unspecified atom stereocenters. The molecule has 0 amide bonds. The first-order valence-corrected chi connectivity index (χ1v) is 9.24. The van der Waals surface area contributed by atoms with Crippen LogP contribution >= 0.6 is 0 Å². The number of allylic oxidation sites excluding steroid dienone is 1. The Morgan fingerprint density at radius 1 is 1.08 bits per heavy atom. The molecule has 26 heavy (non-hydrogen) atoms. The van der Waals surface area contributed by atoms with Crippen molar-refractivity contribution in [2.45, 2.75) is 70.0 Å². The van der Waals surface area contributed by atoms with Crippen LogP contribution in [0.1, 0.15) is 70.1 Å². The van der Waals surface area contributed by atoms with Crippen LogP contribution in [-0.4, -0.2) is 18.9 Å². The summed E-state index contributed by atoms with van der Waals surface area (Å²) >= 11 is 0. The van der Waals surface area contributed by atoms with Crippen molar-refractivity contribution in [2.24, 2.45) is 0 Å². The molecule has 0 N–H and O–H groups in total. The van der Waals surface area contributed by atoms with E-state index in [9.17, 15) is 4.79 Å². The molecule has 0 saturated carbocycles. The Morgan fingerprint density at radius 2 is 1.73 bits per heavy atom. The molecule has 1 aromatic carbocycles. The van der Waals surface area contributed by atoms with Gasteiger partial charge in [0.25, 0.3) is 0 Å². The molecule has 3 heteroatoms. The molecule has 0 saturated heterocycles. The third-order valence-electron chi connectivity index (χ3n) is 6.09. The van der Waals surface area contributed by atoms with Gasteiger partial charge in [-0.15, -0.1) is 6.42 Å². The van der Waals surface area contributed by atoms with Gasteiger partial charge in [-0.2, -0.15) is 0 Å². The zero-order valence-electron chi connectivity index (χ0n) is 16.4. The zero-order valence-corrected chi connectivity index (χ0v) is 16.4. The van der Waals surface area contributed by atoms with Crippen molar-refractivity contribution in [3.8, 4) is 12.3 Å². The van der Waals surface area contributed by atoms with Gasteiger partial charge in [0, 0.05) is 19.5 Å². The highest BCUT2D eigenvalue weighted by Gasteiger charge is 2.39. The number of benzene rings is 1. The van der Waals surface area contributed by atoms with Crippen molar-refractivity contribution >= 4 is 11.5 Å². The molecule has 138 valence electrons. The second-order valence-corrected chi connectivity index (χ2v) is 8.75. The number of rotatable bonds is 3. The van der Waals surface area contributed by atoms with E-state index in [0.29, 0.717) is 6.42 Å². The van der Waals surface area contributed by atoms with Crippen molar-refractivity contribution in [2.75, 3.05) is 7.11 Å². The summed E-state index contributed by atoms with van der Waals surface area (Å²) in [5.74, 6) is 0.247. The minimum absolute atomic E-state index is 0.161. The molecule has 3 rings (SSSR count). The number of terminal acetylenes is 1. The Bertz CT molecular complexity index is 807. The first-order valence-electron chi connectivity index (χ1n) is 9.24. The fourth-order valence-corrected chi connectivity index (χ4v) is 4.20. The topological polar surface area (TPSA) is 35.5 Å². The van der Waals surface area contributed by atoms with Gasteiger partial charge in [0.2, 0.25) is 5.79 Å². The van der Waals surface area contributed by atoms with Gasteiger partial charge >= 0.3 is 5.97 Å². The lowest BCUT2D eigenvalue weighted by molar-refractivity contribution is -0.193. The third kappa shape index (κ3) is 3.19. The van der Waals surface area contributed by atoms with Gasteiger partial charge < -0.3 is 9.47 Å². The Morgan fingerprint density at radius 3 is 2.35 bits per heavy atom. The van der Waals surface area contributed by atoms with Crippen molar-refractivity contribution in [1.82, 2.24) is 0 Å². The lowest BCUT2D eigenvalue weighted by atomic mass is 9.63. The Balaban J connectivity index is 2.00. The van der Waals surface area contributed by atoms with Crippen LogP contribution in [0.3, 0.4) is 0 Å². The molecular formula is C23H28O3. The molecule has 0 radical (unpaired) electrons. The summed E-state index contributed by atoms with van der Waals surface area (Å²) in [5.41, 5.74) is 5.53. The fourth-order valence-electron chi connectivity index (χ4n) is 4.20. The molecule has 2 aliphatic rings. The molecule has 1 atom stereocenters. The second-order valence-electron chi connectivity index (χ2n) is 8.75. The molecule has 3 nitrogen and oxygen atoms in total. The molecule has 2 aliphatic carbocycles. The van der Waals surface area contributed by atoms with Crippen molar-refractivity contribution in [3.05, 3.63) is 41.0 Å². The maximum absolute atomic E-state index is 11.6. The number of hydrogen-bond donors (Lipinski definition) is 0. The molecule has 0 aliphatic heterocycles. The SMILES string of the molecule is C#CC(=O)OC1(OC)C=C(c2ccc3c(c2)C(C)(C)CCC3(C)C)CC1. The van der Waals surface area contributed by atoms with Crippen LogP contribution < -0.4 is 0 Å². The highest BCUT2D eigenvalue weighted by atomic mass is 16.7. The number of esters is 1. The van der Waals surface area contributed by atoms with E-state index in [1.54, 1.807) is 7.11 Å². The van der Waals surface area contributed by atoms with E-state index >= 15 is 0 Å². The Hall–Kier alpha value is -2.05. The summed E-state index contributed by atoms with van der Waals surface area (Å²) < 4.78 is 10.9. The first kappa shape index (κ1) is 18.7. The van der Waals surface area contributed by atoms with Gasteiger partial charge in [0.1, 0.15) is 0 Å². The summed E-state index contributed by atoms with van der Waals surface area (Å²) in [6, 6.07) is 6.77. The summed E-state index contributed by atoms with van der Waals surface area (Å²) in [5, 5.41) is 0. The second kappa shape index (κ2) is 6.28. The molecular weight excluding hydrogens is 324 g/mol. The van der Waals surface area contributed by atoms with E-state index in [-0.39, 0.29) is 10.8 Å². The largest absolute Gasteiger partial charge is 0.420 e. The highest BCUT2D eigenvalue weighted by Crippen LogP contribution is 2.47. The Kier molecular flexibility index (Phi) is 4.53. The summed E-state index contributed by atoms with van der Waals surface area (Å²) in [6.45, 7) is 9.29. The lowest BCUT2D eigenvalue weighted by Gasteiger charge is -2.42. The lowest BCUT2D eigenvalue weighted by Crippen LogP contribution is -2.33. The van der Waals surface area contributed by atoms with Crippen molar-refractivity contribution in [1.29, 1.82) is 0 Å². The van der Waals surface area contributed by atoms with Crippen LogP contribution in [-0.2, 0) is 25.1 Å². The van der Waals surface area contributed by atoms with E-state index in [1.807, 2.05) is 12.0 Å². The molecule has 0 spiro atoms. The first-order chi connectivity index (χ1) is 12.1. The van der Waals surface area contributed by atoms with Gasteiger partial charge in [-0.05, 0) is 58.4 Å². The number of fused-ring (bicyclic) bond motifs is 1. The third-order valence-corrected chi connectivity index (χ3v) is 6.09. The zero-order chi connectivity index (χ0) is 19.2. The quantitative estimate of drug-likeness (QED) is 0.341.